The van der Waals surface area contributed by atoms with Crippen LogP contribution in [0, 0.1) is 5.92 Å². The molecule has 0 radical (unpaired) electrons. The minimum Gasteiger partial charge on any atom is -0.347 e. The van der Waals surface area contributed by atoms with Crippen molar-refractivity contribution in [2.75, 3.05) is 37.6 Å². The van der Waals surface area contributed by atoms with Crippen LogP contribution >= 0.6 is 11.6 Å². The molecule has 0 saturated carbocycles. The van der Waals surface area contributed by atoms with Crippen LogP contribution in [0.15, 0.2) is 6.20 Å². The lowest BCUT2D eigenvalue weighted by molar-refractivity contribution is 0.0915. The standard InChI is InChI=1S/C18H30ClN5O/c1-5-24(6-2)18-20-10-15(19)16(22-18)17(25)21-14(4)12-23-9-7-8-13(3)11-23/h10,13-14H,5-9,11-12H2,1-4H3,(H,21,25). The molecule has 1 aromatic heterocycles. The first-order valence-electron chi connectivity index (χ1n) is 9.25. The Morgan fingerprint density at radius 1 is 1.48 bits per heavy atom. The predicted molar refractivity (Wildman–Crippen MR) is 102 cm³/mol. The van der Waals surface area contributed by atoms with Crippen molar-refractivity contribution in [1.29, 1.82) is 0 Å². The molecule has 25 heavy (non-hydrogen) atoms. The molecule has 0 aliphatic carbocycles. The SMILES string of the molecule is CCN(CC)c1ncc(Cl)c(C(=O)NC(C)CN2CCCC(C)C2)n1. The number of halogens is 1. The second kappa shape index (κ2) is 9.34. The zero-order valence-corrected chi connectivity index (χ0v) is 16.5. The molecule has 2 heterocycles. The van der Waals surface area contributed by atoms with Crippen LogP contribution in [0.2, 0.25) is 5.02 Å². The summed E-state index contributed by atoms with van der Waals surface area (Å²) in [6.07, 6.45) is 4.03. The van der Waals surface area contributed by atoms with Gasteiger partial charge in [0.25, 0.3) is 5.91 Å². The quantitative estimate of drug-likeness (QED) is 0.802. The highest BCUT2D eigenvalue weighted by Gasteiger charge is 2.21. The fourth-order valence-electron chi connectivity index (χ4n) is 3.35. The van der Waals surface area contributed by atoms with Gasteiger partial charge in [0.05, 0.1) is 11.2 Å². The summed E-state index contributed by atoms with van der Waals surface area (Å²) in [5.74, 6) is 1.03. The van der Waals surface area contributed by atoms with E-state index in [4.69, 9.17) is 11.6 Å². The van der Waals surface area contributed by atoms with Crippen LogP contribution in [0.1, 0.15) is 51.0 Å². The minimum absolute atomic E-state index is 0.0423. The van der Waals surface area contributed by atoms with Crippen molar-refractivity contribution in [2.24, 2.45) is 5.92 Å². The number of likely N-dealkylation sites (tertiary alicyclic amines) is 1. The number of piperidine rings is 1. The number of carbonyl (C=O) groups excluding carboxylic acids is 1. The van der Waals surface area contributed by atoms with Gasteiger partial charge in [0.1, 0.15) is 0 Å². The average Bonchev–Trinajstić information content (AvgIpc) is 2.57. The van der Waals surface area contributed by atoms with Crippen molar-refractivity contribution in [3.05, 3.63) is 16.9 Å². The monoisotopic (exact) mass is 367 g/mol. The number of hydrogen-bond acceptors (Lipinski definition) is 5. The molecule has 1 aliphatic heterocycles. The maximum Gasteiger partial charge on any atom is 0.271 e. The van der Waals surface area contributed by atoms with Crippen LogP contribution in [0.25, 0.3) is 0 Å². The second-order valence-electron chi connectivity index (χ2n) is 6.92. The molecule has 0 aromatic carbocycles. The molecule has 1 N–H and O–H groups in total. The van der Waals surface area contributed by atoms with Crippen LogP contribution in [-0.4, -0.2) is 59.5 Å². The van der Waals surface area contributed by atoms with Crippen LogP contribution in [0.4, 0.5) is 5.95 Å². The number of nitrogens with zero attached hydrogens (tertiary/aromatic N) is 4. The number of carbonyl (C=O) groups is 1. The second-order valence-corrected chi connectivity index (χ2v) is 7.33. The fraction of sp³-hybridized carbons (Fsp3) is 0.722. The topological polar surface area (TPSA) is 61.4 Å². The molecule has 1 fully saturated rings. The Kier molecular flexibility index (Phi) is 7.44. The van der Waals surface area contributed by atoms with Crippen LogP contribution in [0.5, 0.6) is 0 Å². The number of amides is 1. The lowest BCUT2D eigenvalue weighted by Crippen LogP contribution is -2.45. The van der Waals surface area contributed by atoms with Gasteiger partial charge < -0.3 is 15.1 Å². The van der Waals surface area contributed by atoms with Gasteiger partial charge in [-0.25, -0.2) is 9.97 Å². The number of anilines is 1. The number of rotatable bonds is 7. The van der Waals surface area contributed by atoms with Gasteiger partial charge >= 0.3 is 0 Å². The van der Waals surface area contributed by atoms with E-state index in [1.54, 1.807) is 0 Å². The molecule has 2 atom stereocenters. The summed E-state index contributed by atoms with van der Waals surface area (Å²) in [6, 6.07) is 0.0423. The van der Waals surface area contributed by atoms with Gasteiger partial charge in [-0.15, -0.1) is 0 Å². The van der Waals surface area contributed by atoms with Crippen LogP contribution in [0.3, 0.4) is 0 Å². The van der Waals surface area contributed by atoms with E-state index >= 15 is 0 Å². The van der Waals surface area contributed by atoms with Gasteiger partial charge in [0, 0.05) is 32.2 Å². The molecular weight excluding hydrogens is 338 g/mol. The summed E-state index contributed by atoms with van der Waals surface area (Å²) in [5, 5.41) is 3.31. The third kappa shape index (κ3) is 5.54. The summed E-state index contributed by atoms with van der Waals surface area (Å²) < 4.78 is 0. The van der Waals surface area contributed by atoms with Crippen molar-refractivity contribution in [3.63, 3.8) is 0 Å². The van der Waals surface area contributed by atoms with Crippen molar-refractivity contribution in [3.8, 4) is 0 Å². The zero-order valence-electron chi connectivity index (χ0n) is 15.8. The molecular formula is C18H30ClN5O. The molecule has 1 aliphatic rings. The normalized spacial score (nSPS) is 19.5. The Balaban J connectivity index is 2.00. The lowest BCUT2D eigenvalue weighted by atomic mass is 10.00. The maximum atomic E-state index is 12.6. The smallest absolute Gasteiger partial charge is 0.271 e. The van der Waals surface area contributed by atoms with Gasteiger partial charge in [-0.3, -0.25) is 4.79 Å². The van der Waals surface area contributed by atoms with Crippen LogP contribution in [-0.2, 0) is 0 Å². The van der Waals surface area contributed by atoms with Gasteiger partial charge in [-0.2, -0.15) is 0 Å². The molecule has 0 bridgehead atoms. The molecule has 1 aromatic rings. The molecule has 2 unspecified atom stereocenters. The number of aromatic nitrogens is 2. The Morgan fingerprint density at radius 2 is 2.20 bits per heavy atom. The molecule has 2 rings (SSSR count). The molecule has 6 nitrogen and oxygen atoms in total. The molecule has 1 amide bonds. The van der Waals surface area contributed by atoms with Gasteiger partial charge in [-0.05, 0) is 46.1 Å². The van der Waals surface area contributed by atoms with E-state index in [1.165, 1.54) is 19.0 Å². The van der Waals surface area contributed by atoms with Crippen LogP contribution < -0.4 is 10.2 Å². The highest BCUT2D eigenvalue weighted by atomic mass is 35.5. The summed E-state index contributed by atoms with van der Waals surface area (Å²) in [7, 11) is 0. The largest absolute Gasteiger partial charge is 0.347 e. The first kappa shape index (κ1) is 19.9. The fourth-order valence-corrected chi connectivity index (χ4v) is 3.53. The number of nitrogens with one attached hydrogen (secondary N) is 1. The predicted octanol–water partition coefficient (Wildman–Crippen LogP) is 2.83. The highest BCUT2D eigenvalue weighted by Crippen LogP contribution is 2.18. The van der Waals surface area contributed by atoms with E-state index in [2.05, 4.69) is 27.1 Å². The summed E-state index contributed by atoms with van der Waals surface area (Å²) >= 11 is 6.16. The molecule has 140 valence electrons. The van der Waals surface area contributed by atoms with Crippen molar-refractivity contribution >= 4 is 23.5 Å². The highest BCUT2D eigenvalue weighted by molar-refractivity contribution is 6.33. The number of hydrogen-bond donors (Lipinski definition) is 1. The summed E-state index contributed by atoms with van der Waals surface area (Å²) in [4.78, 5) is 25.6. The van der Waals surface area contributed by atoms with E-state index < -0.39 is 0 Å². The van der Waals surface area contributed by atoms with Crippen molar-refractivity contribution in [2.45, 2.75) is 46.6 Å². The summed E-state index contributed by atoms with van der Waals surface area (Å²) in [5.41, 5.74) is 0.248. The van der Waals surface area contributed by atoms with Gasteiger partial charge in [-0.1, -0.05) is 18.5 Å². The van der Waals surface area contributed by atoms with Crippen molar-refractivity contribution in [1.82, 2.24) is 20.2 Å². The van der Waals surface area contributed by atoms with Crippen molar-refractivity contribution < 1.29 is 4.79 Å². The average molecular weight is 368 g/mol. The van der Waals surface area contributed by atoms with Gasteiger partial charge in [0.2, 0.25) is 5.95 Å². The van der Waals surface area contributed by atoms with E-state index in [9.17, 15) is 4.79 Å². The van der Waals surface area contributed by atoms with E-state index in [0.717, 1.165) is 38.6 Å². The Labute approximate surface area is 156 Å². The molecule has 7 heteroatoms. The van der Waals surface area contributed by atoms with E-state index in [0.29, 0.717) is 5.95 Å². The molecule has 0 spiro atoms. The first-order valence-corrected chi connectivity index (χ1v) is 9.63. The third-order valence-corrected chi connectivity index (χ3v) is 4.92. The minimum atomic E-state index is -0.238. The van der Waals surface area contributed by atoms with Gasteiger partial charge in [0.15, 0.2) is 5.69 Å². The lowest BCUT2D eigenvalue weighted by Gasteiger charge is -2.32. The summed E-state index contributed by atoms with van der Waals surface area (Å²) in [6.45, 7) is 13.0. The van der Waals surface area contributed by atoms with E-state index in [1.807, 2.05) is 25.7 Å². The first-order chi connectivity index (χ1) is 11.9. The maximum absolute atomic E-state index is 12.6. The Bertz CT molecular complexity index is 579. The van der Waals surface area contributed by atoms with E-state index in [-0.39, 0.29) is 22.7 Å². The Hall–Kier alpha value is -1.40. The molecule has 1 saturated heterocycles. The third-order valence-electron chi connectivity index (χ3n) is 4.64. The zero-order chi connectivity index (χ0) is 18.4. The Morgan fingerprint density at radius 3 is 2.84 bits per heavy atom.